The Labute approximate surface area is 180 Å². The van der Waals surface area contributed by atoms with E-state index in [0.717, 1.165) is 6.42 Å². The fraction of sp³-hybridized carbons (Fsp3) is 0.550. The molecule has 0 unspecified atom stereocenters. The lowest BCUT2D eigenvalue weighted by Gasteiger charge is -2.20. The molecule has 7 nitrogen and oxygen atoms in total. The number of alkyl carbamates (subject to hydrolysis) is 1. The molecule has 0 fully saturated rings. The third-order valence-electron chi connectivity index (χ3n) is 3.70. The van der Waals surface area contributed by atoms with Crippen LogP contribution in [0.5, 0.6) is 0 Å². The van der Waals surface area contributed by atoms with E-state index in [-0.39, 0.29) is 18.9 Å². The highest BCUT2D eigenvalue weighted by atomic mass is 127. The van der Waals surface area contributed by atoms with E-state index in [0.29, 0.717) is 12.8 Å². The minimum absolute atomic E-state index is 0.178. The van der Waals surface area contributed by atoms with Gasteiger partial charge in [0.05, 0.1) is 7.11 Å². The highest BCUT2D eigenvalue weighted by Crippen LogP contribution is 2.10. The highest BCUT2D eigenvalue weighted by molar-refractivity contribution is 14.1. The van der Waals surface area contributed by atoms with Crippen LogP contribution in [-0.2, 0) is 25.5 Å². The third kappa shape index (κ3) is 10.5. The molecule has 28 heavy (non-hydrogen) atoms. The van der Waals surface area contributed by atoms with Gasteiger partial charge in [-0.15, -0.1) is 0 Å². The molecule has 0 aliphatic carbocycles. The number of rotatable bonds is 9. The van der Waals surface area contributed by atoms with Crippen LogP contribution in [0.25, 0.3) is 0 Å². The van der Waals surface area contributed by atoms with Crippen LogP contribution in [-0.4, -0.2) is 43.3 Å². The van der Waals surface area contributed by atoms with Gasteiger partial charge in [-0.2, -0.15) is 0 Å². The monoisotopic (exact) mass is 504 g/mol. The first-order valence-corrected chi connectivity index (χ1v) is 10.3. The fourth-order valence-corrected chi connectivity index (χ4v) is 2.75. The zero-order valence-corrected chi connectivity index (χ0v) is 19.0. The smallest absolute Gasteiger partial charge is 0.407 e. The first kappa shape index (κ1) is 24.2. The molecule has 0 saturated heterocycles. The van der Waals surface area contributed by atoms with E-state index in [2.05, 4.69) is 33.2 Å². The van der Waals surface area contributed by atoms with Crippen LogP contribution in [0.4, 0.5) is 4.79 Å². The van der Waals surface area contributed by atoms with E-state index >= 15 is 0 Å². The molecular formula is C20H29IN2O5. The summed E-state index contributed by atoms with van der Waals surface area (Å²) >= 11 is 2.25. The standard InChI is InChI=1S/C20H29IN2O5/c1-20(2,3)28-19(26)22-13-12-16(18(25)27-4)23-17(24)7-5-6-14-8-10-15(21)11-9-14/h8-11,16H,5-7,12-13H2,1-4H3,(H,22,26)(H,23,24)/t16-/m0/s1. The van der Waals surface area contributed by atoms with Gasteiger partial charge in [0.25, 0.3) is 0 Å². The Hall–Kier alpha value is -1.84. The van der Waals surface area contributed by atoms with Gasteiger partial charge in [-0.25, -0.2) is 9.59 Å². The maximum absolute atomic E-state index is 12.2. The fourth-order valence-electron chi connectivity index (χ4n) is 2.39. The summed E-state index contributed by atoms with van der Waals surface area (Å²) in [6.07, 6.45) is 1.41. The molecule has 0 spiro atoms. The summed E-state index contributed by atoms with van der Waals surface area (Å²) in [5.74, 6) is -0.768. The van der Waals surface area contributed by atoms with Crippen LogP contribution in [0.2, 0.25) is 0 Å². The number of amides is 2. The minimum atomic E-state index is -0.814. The molecule has 156 valence electrons. The van der Waals surface area contributed by atoms with Gasteiger partial charge < -0.3 is 20.1 Å². The summed E-state index contributed by atoms with van der Waals surface area (Å²) in [4.78, 5) is 35.7. The molecule has 0 saturated carbocycles. The molecular weight excluding hydrogens is 475 g/mol. The van der Waals surface area contributed by atoms with Gasteiger partial charge >= 0.3 is 12.1 Å². The molecule has 0 heterocycles. The Kier molecular flexibility index (Phi) is 10.3. The number of ether oxygens (including phenoxy) is 2. The Morgan fingerprint density at radius 2 is 1.79 bits per heavy atom. The number of carbonyl (C=O) groups is 3. The summed E-state index contributed by atoms with van der Waals surface area (Å²) in [5, 5.41) is 5.25. The normalized spacial score (nSPS) is 12.0. The van der Waals surface area contributed by atoms with Crippen molar-refractivity contribution in [1.29, 1.82) is 0 Å². The molecule has 2 amide bonds. The number of methoxy groups -OCH3 is 1. The van der Waals surface area contributed by atoms with Crippen molar-refractivity contribution in [3.05, 3.63) is 33.4 Å². The van der Waals surface area contributed by atoms with Crippen molar-refractivity contribution < 1.29 is 23.9 Å². The molecule has 8 heteroatoms. The number of hydrogen-bond acceptors (Lipinski definition) is 5. The lowest BCUT2D eigenvalue weighted by Crippen LogP contribution is -2.44. The van der Waals surface area contributed by atoms with E-state index in [1.54, 1.807) is 20.8 Å². The van der Waals surface area contributed by atoms with Gasteiger partial charge in [-0.3, -0.25) is 4.79 Å². The summed E-state index contributed by atoms with van der Waals surface area (Å²) < 4.78 is 11.0. The maximum Gasteiger partial charge on any atom is 0.407 e. The lowest BCUT2D eigenvalue weighted by atomic mass is 10.1. The second-order valence-corrected chi connectivity index (χ2v) is 8.59. The number of aryl methyl sites for hydroxylation is 1. The van der Waals surface area contributed by atoms with Gasteiger partial charge in [0.2, 0.25) is 5.91 Å². The van der Waals surface area contributed by atoms with Crippen molar-refractivity contribution in [2.24, 2.45) is 0 Å². The molecule has 0 radical (unpaired) electrons. The van der Waals surface area contributed by atoms with Crippen LogP contribution in [0.1, 0.15) is 45.6 Å². The molecule has 0 aromatic heterocycles. The van der Waals surface area contributed by atoms with E-state index in [1.165, 1.54) is 16.2 Å². The second-order valence-electron chi connectivity index (χ2n) is 7.34. The quantitative estimate of drug-likeness (QED) is 0.398. The number of carbonyl (C=O) groups excluding carboxylic acids is 3. The van der Waals surface area contributed by atoms with Crippen LogP contribution < -0.4 is 10.6 Å². The zero-order valence-electron chi connectivity index (χ0n) is 16.8. The third-order valence-corrected chi connectivity index (χ3v) is 4.42. The predicted octanol–water partition coefficient (Wildman–Crippen LogP) is 3.19. The average molecular weight is 504 g/mol. The number of halogens is 1. The van der Waals surface area contributed by atoms with Gasteiger partial charge in [0.15, 0.2) is 0 Å². The summed E-state index contributed by atoms with van der Waals surface area (Å²) in [7, 11) is 1.26. The van der Waals surface area contributed by atoms with Crippen molar-refractivity contribution in [3.8, 4) is 0 Å². The lowest BCUT2D eigenvalue weighted by molar-refractivity contribution is -0.145. The Balaban J connectivity index is 2.40. The number of benzene rings is 1. The van der Waals surface area contributed by atoms with Gasteiger partial charge in [-0.05, 0) is 80.3 Å². The molecule has 0 aliphatic heterocycles. The van der Waals surface area contributed by atoms with Gasteiger partial charge in [-0.1, -0.05) is 12.1 Å². The summed E-state index contributed by atoms with van der Waals surface area (Å²) in [6, 6.07) is 7.33. The average Bonchev–Trinajstić information content (AvgIpc) is 2.60. The largest absolute Gasteiger partial charge is 0.467 e. The highest BCUT2D eigenvalue weighted by Gasteiger charge is 2.22. The van der Waals surface area contributed by atoms with Crippen molar-refractivity contribution in [2.75, 3.05) is 13.7 Å². The van der Waals surface area contributed by atoms with Crippen LogP contribution in [0, 0.1) is 3.57 Å². The van der Waals surface area contributed by atoms with Crippen LogP contribution in [0.3, 0.4) is 0 Å². The second kappa shape index (κ2) is 11.9. The van der Waals surface area contributed by atoms with E-state index in [1.807, 2.05) is 24.3 Å². The van der Waals surface area contributed by atoms with Crippen molar-refractivity contribution >= 4 is 40.6 Å². The molecule has 1 rings (SSSR count). The predicted molar refractivity (Wildman–Crippen MR) is 115 cm³/mol. The summed E-state index contributed by atoms with van der Waals surface area (Å²) in [6.45, 7) is 5.47. The minimum Gasteiger partial charge on any atom is -0.467 e. The Morgan fingerprint density at radius 3 is 2.36 bits per heavy atom. The van der Waals surface area contributed by atoms with Gasteiger partial charge in [0, 0.05) is 16.5 Å². The zero-order chi connectivity index (χ0) is 21.2. The molecule has 1 atom stereocenters. The first-order chi connectivity index (χ1) is 13.1. The van der Waals surface area contributed by atoms with E-state index in [9.17, 15) is 14.4 Å². The molecule has 2 N–H and O–H groups in total. The summed E-state index contributed by atoms with van der Waals surface area (Å²) in [5.41, 5.74) is 0.566. The van der Waals surface area contributed by atoms with Crippen LogP contribution in [0.15, 0.2) is 24.3 Å². The molecule has 0 bridgehead atoms. The number of nitrogens with one attached hydrogen (secondary N) is 2. The Morgan fingerprint density at radius 1 is 1.14 bits per heavy atom. The SMILES string of the molecule is COC(=O)[C@H](CCNC(=O)OC(C)(C)C)NC(=O)CCCc1ccc(I)cc1. The van der Waals surface area contributed by atoms with E-state index < -0.39 is 23.7 Å². The first-order valence-electron chi connectivity index (χ1n) is 9.19. The number of esters is 1. The molecule has 1 aromatic carbocycles. The topological polar surface area (TPSA) is 93.7 Å². The van der Waals surface area contributed by atoms with Crippen LogP contribution >= 0.6 is 22.6 Å². The van der Waals surface area contributed by atoms with Crippen molar-refractivity contribution in [2.45, 2.75) is 58.1 Å². The molecule has 0 aliphatic rings. The van der Waals surface area contributed by atoms with Gasteiger partial charge in [0.1, 0.15) is 11.6 Å². The Bertz CT molecular complexity index is 656. The van der Waals surface area contributed by atoms with Crippen molar-refractivity contribution in [3.63, 3.8) is 0 Å². The maximum atomic E-state index is 12.2. The number of hydrogen-bond donors (Lipinski definition) is 2. The van der Waals surface area contributed by atoms with Crippen molar-refractivity contribution in [1.82, 2.24) is 10.6 Å². The van der Waals surface area contributed by atoms with E-state index in [4.69, 9.17) is 9.47 Å². The molecule has 1 aromatic rings.